The van der Waals surface area contributed by atoms with Gasteiger partial charge in [0.2, 0.25) is 0 Å². The molecule has 5 nitrogen and oxygen atoms in total. The summed E-state index contributed by atoms with van der Waals surface area (Å²) in [6.45, 7) is 7.53. The largest absolute Gasteiger partial charge is 0.314 e. The van der Waals surface area contributed by atoms with Crippen molar-refractivity contribution in [1.29, 1.82) is 0 Å². The molecule has 0 saturated carbocycles. The van der Waals surface area contributed by atoms with Gasteiger partial charge < -0.3 is 5.32 Å². The van der Waals surface area contributed by atoms with Gasteiger partial charge in [0.15, 0.2) is 0 Å². The number of piperazine rings is 1. The minimum atomic E-state index is -0.464. The summed E-state index contributed by atoms with van der Waals surface area (Å²) in [5.74, 6) is -0.121. The van der Waals surface area contributed by atoms with Gasteiger partial charge >= 0.3 is 0 Å². The summed E-state index contributed by atoms with van der Waals surface area (Å²) in [5.41, 5.74) is 0.398. The molecule has 1 aromatic rings. The van der Waals surface area contributed by atoms with Crippen LogP contribution in [0.5, 0.6) is 0 Å². The maximum Gasteiger partial charge on any atom is 0.269 e. The fourth-order valence-corrected chi connectivity index (χ4v) is 2.92. The molecular formula is C15H24Cl2FN3O2. The van der Waals surface area contributed by atoms with E-state index in [0.29, 0.717) is 5.56 Å². The van der Waals surface area contributed by atoms with Gasteiger partial charge in [-0.1, -0.05) is 20.3 Å². The Morgan fingerprint density at radius 1 is 1.35 bits per heavy atom. The molecule has 1 N–H and O–H groups in total. The average Bonchev–Trinajstić information content (AvgIpc) is 2.50. The van der Waals surface area contributed by atoms with Gasteiger partial charge in [-0.25, -0.2) is 4.39 Å². The summed E-state index contributed by atoms with van der Waals surface area (Å²) >= 11 is 0. The molecule has 23 heavy (non-hydrogen) atoms. The van der Waals surface area contributed by atoms with E-state index in [1.54, 1.807) is 0 Å². The number of hydrogen-bond acceptors (Lipinski definition) is 4. The van der Waals surface area contributed by atoms with Crippen LogP contribution in [0.4, 0.5) is 10.1 Å². The van der Waals surface area contributed by atoms with Crippen molar-refractivity contribution < 1.29 is 9.31 Å². The molecule has 132 valence electrons. The minimum Gasteiger partial charge on any atom is -0.314 e. The van der Waals surface area contributed by atoms with E-state index in [-0.39, 0.29) is 48.3 Å². The monoisotopic (exact) mass is 367 g/mol. The van der Waals surface area contributed by atoms with Crippen LogP contribution >= 0.6 is 24.8 Å². The van der Waals surface area contributed by atoms with Crippen LogP contribution in [0.3, 0.4) is 0 Å². The molecule has 0 spiro atoms. The molecule has 0 bridgehead atoms. The Labute approximate surface area is 148 Å². The Bertz CT molecular complexity index is 513. The van der Waals surface area contributed by atoms with E-state index in [9.17, 15) is 14.5 Å². The zero-order chi connectivity index (χ0) is 15.4. The minimum absolute atomic E-state index is 0. The number of nitro groups is 1. The fourth-order valence-electron chi connectivity index (χ4n) is 2.92. The Morgan fingerprint density at radius 3 is 2.48 bits per heavy atom. The second-order valence-corrected chi connectivity index (χ2v) is 5.58. The number of non-ortho nitro benzene ring substituents is 1. The summed E-state index contributed by atoms with van der Waals surface area (Å²) < 4.78 is 14.3. The fraction of sp³-hybridized carbons (Fsp3) is 0.600. The lowest BCUT2D eigenvalue weighted by Gasteiger charge is -2.38. The number of hydrogen-bond donors (Lipinski definition) is 1. The zero-order valence-electron chi connectivity index (χ0n) is 13.3. The van der Waals surface area contributed by atoms with Crippen molar-refractivity contribution in [2.45, 2.75) is 26.3 Å². The smallest absolute Gasteiger partial charge is 0.269 e. The lowest BCUT2D eigenvalue weighted by Crippen LogP contribution is -2.46. The highest BCUT2D eigenvalue weighted by Crippen LogP contribution is 2.34. The topological polar surface area (TPSA) is 58.4 Å². The van der Waals surface area contributed by atoms with Gasteiger partial charge in [-0.2, -0.15) is 0 Å². The molecule has 0 aliphatic carbocycles. The zero-order valence-corrected chi connectivity index (χ0v) is 15.0. The first-order valence-corrected chi connectivity index (χ1v) is 7.43. The van der Waals surface area contributed by atoms with Gasteiger partial charge in [0.05, 0.1) is 4.92 Å². The Hall–Kier alpha value is -0.950. The van der Waals surface area contributed by atoms with Crippen molar-refractivity contribution in [3.8, 4) is 0 Å². The lowest BCUT2D eigenvalue weighted by atomic mass is 9.90. The van der Waals surface area contributed by atoms with Crippen molar-refractivity contribution in [3.05, 3.63) is 39.7 Å². The van der Waals surface area contributed by atoms with Crippen LogP contribution in [-0.2, 0) is 0 Å². The Balaban J connectivity index is 0.00000242. The van der Waals surface area contributed by atoms with Crippen molar-refractivity contribution >= 4 is 30.5 Å². The summed E-state index contributed by atoms with van der Waals surface area (Å²) in [4.78, 5) is 12.7. The molecule has 1 aromatic carbocycles. The summed E-state index contributed by atoms with van der Waals surface area (Å²) in [6.07, 6.45) is 0.900. The van der Waals surface area contributed by atoms with Crippen LogP contribution in [0.1, 0.15) is 31.9 Å². The molecule has 0 amide bonds. The van der Waals surface area contributed by atoms with E-state index in [0.717, 1.165) is 32.6 Å². The molecule has 0 aromatic heterocycles. The van der Waals surface area contributed by atoms with Crippen LogP contribution < -0.4 is 5.32 Å². The second-order valence-electron chi connectivity index (χ2n) is 5.58. The third-order valence-electron chi connectivity index (χ3n) is 4.24. The molecular weight excluding hydrogens is 344 g/mol. The van der Waals surface area contributed by atoms with Gasteiger partial charge in [0.25, 0.3) is 5.69 Å². The van der Waals surface area contributed by atoms with E-state index in [1.165, 1.54) is 18.2 Å². The third kappa shape index (κ3) is 5.28. The highest BCUT2D eigenvalue weighted by atomic mass is 35.5. The quantitative estimate of drug-likeness (QED) is 0.638. The number of nitrogens with zero attached hydrogens (tertiary/aromatic N) is 2. The maximum atomic E-state index is 14.3. The predicted octanol–water partition coefficient (Wildman–Crippen LogP) is 3.57. The molecule has 1 heterocycles. The molecule has 1 fully saturated rings. The van der Waals surface area contributed by atoms with Gasteiger partial charge in [-0.05, 0) is 12.0 Å². The number of halogens is 3. The third-order valence-corrected chi connectivity index (χ3v) is 4.24. The highest BCUT2D eigenvalue weighted by molar-refractivity contribution is 5.85. The lowest BCUT2D eigenvalue weighted by molar-refractivity contribution is -0.385. The molecule has 2 rings (SSSR count). The van der Waals surface area contributed by atoms with Crippen molar-refractivity contribution in [2.24, 2.45) is 5.92 Å². The van der Waals surface area contributed by atoms with Crippen LogP contribution in [0.2, 0.25) is 0 Å². The van der Waals surface area contributed by atoms with Gasteiger partial charge in [0.1, 0.15) is 5.82 Å². The van der Waals surface area contributed by atoms with Crippen molar-refractivity contribution in [3.63, 3.8) is 0 Å². The first-order chi connectivity index (χ1) is 10.0. The highest BCUT2D eigenvalue weighted by Gasteiger charge is 2.29. The number of nitrogens with one attached hydrogen (secondary N) is 1. The Morgan fingerprint density at radius 2 is 1.96 bits per heavy atom. The van der Waals surface area contributed by atoms with Crippen LogP contribution in [0.25, 0.3) is 0 Å². The average molecular weight is 368 g/mol. The standard InChI is InChI=1S/C15H22FN3O2.2ClH/c1-3-11(2)15(18-8-6-17-7-9-18)13-10-12(19(20)21)4-5-14(13)16;;/h4-5,10-11,15,17H,3,6-9H2,1-2H3;2*1H/t11?,15-;;/m1../s1. The van der Waals surface area contributed by atoms with E-state index >= 15 is 0 Å². The van der Waals surface area contributed by atoms with Crippen LogP contribution in [-0.4, -0.2) is 36.0 Å². The van der Waals surface area contributed by atoms with E-state index in [4.69, 9.17) is 0 Å². The van der Waals surface area contributed by atoms with Crippen molar-refractivity contribution in [1.82, 2.24) is 10.2 Å². The maximum absolute atomic E-state index is 14.3. The molecule has 1 saturated heterocycles. The SMILES string of the molecule is CCC(C)[C@H](c1cc([N+](=O)[O-])ccc1F)N1CCNCC1.Cl.Cl. The molecule has 8 heteroatoms. The second kappa shape index (κ2) is 10.0. The summed E-state index contributed by atoms with van der Waals surface area (Å²) in [5, 5.41) is 14.2. The van der Waals surface area contributed by atoms with Crippen LogP contribution in [0, 0.1) is 21.8 Å². The number of benzene rings is 1. The number of rotatable bonds is 5. The van der Waals surface area contributed by atoms with Crippen molar-refractivity contribution in [2.75, 3.05) is 26.2 Å². The van der Waals surface area contributed by atoms with Crippen LogP contribution in [0.15, 0.2) is 18.2 Å². The van der Waals surface area contributed by atoms with E-state index in [2.05, 4.69) is 24.1 Å². The van der Waals surface area contributed by atoms with Gasteiger partial charge in [-0.15, -0.1) is 24.8 Å². The van der Waals surface area contributed by atoms with Gasteiger partial charge in [0, 0.05) is 49.9 Å². The molecule has 2 atom stereocenters. The predicted molar refractivity (Wildman–Crippen MR) is 94.2 cm³/mol. The number of nitro benzene ring substituents is 1. The normalized spacial score (nSPS) is 17.5. The first kappa shape index (κ1) is 22.1. The summed E-state index contributed by atoms with van der Waals surface area (Å²) in [7, 11) is 0. The molecule has 1 aliphatic heterocycles. The molecule has 1 aliphatic rings. The Kier molecular flexibility index (Phi) is 9.61. The first-order valence-electron chi connectivity index (χ1n) is 7.43. The van der Waals surface area contributed by atoms with E-state index in [1.807, 2.05) is 0 Å². The van der Waals surface area contributed by atoms with E-state index < -0.39 is 4.92 Å². The summed E-state index contributed by atoms with van der Waals surface area (Å²) in [6, 6.07) is 3.72. The molecule has 0 radical (unpaired) electrons. The van der Waals surface area contributed by atoms with Gasteiger partial charge in [-0.3, -0.25) is 15.0 Å². The molecule has 1 unspecified atom stereocenters.